The average Bonchev–Trinajstić information content (AvgIpc) is 2.75. The van der Waals surface area contributed by atoms with Gasteiger partial charge in [0.25, 0.3) is 5.91 Å². The second-order valence-electron chi connectivity index (χ2n) is 7.29. The lowest BCUT2D eigenvalue weighted by molar-refractivity contribution is -0.122. The van der Waals surface area contributed by atoms with E-state index in [9.17, 15) is 13.2 Å². The molecule has 1 fully saturated rings. The van der Waals surface area contributed by atoms with Crippen molar-refractivity contribution in [1.29, 1.82) is 0 Å². The van der Waals surface area contributed by atoms with Gasteiger partial charge in [-0.05, 0) is 67.8 Å². The number of amides is 1. The van der Waals surface area contributed by atoms with Crippen LogP contribution in [0.4, 0.5) is 5.69 Å². The Morgan fingerprint density at radius 1 is 1.10 bits per heavy atom. The molecule has 1 heterocycles. The summed E-state index contributed by atoms with van der Waals surface area (Å²) in [5.74, 6) is 0.367. The molecule has 0 saturated carbocycles. The van der Waals surface area contributed by atoms with Gasteiger partial charge >= 0.3 is 0 Å². The van der Waals surface area contributed by atoms with E-state index in [-0.39, 0.29) is 10.8 Å². The van der Waals surface area contributed by atoms with Gasteiger partial charge in [0.1, 0.15) is 5.75 Å². The number of aryl methyl sites for hydroxylation is 2. The van der Waals surface area contributed by atoms with Gasteiger partial charge in [-0.15, -0.1) is 0 Å². The van der Waals surface area contributed by atoms with Gasteiger partial charge in [-0.3, -0.25) is 4.79 Å². The Balaban J connectivity index is 1.66. The van der Waals surface area contributed by atoms with E-state index in [1.165, 1.54) is 16.4 Å². The van der Waals surface area contributed by atoms with Crippen LogP contribution < -0.4 is 10.1 Å². The molecule has 0 spiro atoms. The third-order valence-electron chi connectivity index (χ3n) is 5.15. The molecular weight excluding hydrogens is 404 g/mol. The molecule has 0 bridgehead atoms. The molecule has 0 unspecified atom stereocenters. The quantitative estimate of drug-likeness (QED) is 0.727. The second kappa shape index (κ2) is 9.59. The van der Waals surface area contributed by atoms with Gasteiger partial charge in [0.2, 0.25) is 10.0 Å². The van der Waals surface area contributed by atoms with Gasteiger partial charge in [-0.1, -0.05) is 13.0 Å². The number of carbonyl (C=O) groups excluding carboxylic acids is 1. The van der Waals surface area contributed by atoms with E-state index >= 15 is 0 Å². The van der Waals surface area contributed by atoms with Gasteiger partial charge in [0.15, 0.2) is 6.10 Å². The molecule has 1 aliphatic rings. The maximum atomic E-state index is 12.7. The number of nitrogens with one attached hydrogen (secondary N) is 1. The van der Waals surface area contributed by atoms with E-state index in [1.807, 2.05) is 39.0 Å². The Morgan fingerprint density at radius 3 is 2.37 bits per heavy atom. The van der Waals surface area contributed by atoms with Crippen LogP contribution in [0.2, 0.25) is 0 Å². The smallest absolute Gasteiger partial charge is 0.265 e. The van der Waals surface area contributed by atoms with Crippen molar-refractivity contribution in [2.75, 3.05) is 31.6 Å². The average molecular weight is 433 g/mol. The van der Waals surface area contributed by atoms with E-state index < -0.39 is 16.1 Å². The van der Waals surface area contributed by atoms with Crippen molar-refractivity contribution >= 4 is 21.6 Å². The minimum Gasteiger partial charge on any atom is -0.481 e. The minimum atomic E-state index is -3.56. The normalized spacial score (nSPS) is 16.1. The highest BCUT2D eigenvalue weighted by atomic mass is 32.2. The van der Waals surface area contributed by atoms with Crippen molar-refractivity contribution in [3.05, 3.63) is 53.6 Å². The number of carbonyl (C=O) groups is 1. The van der Waals surface area contributed by atoms with E-state index in [1.54, 1.807) is 12.1 Å². The summed E-state index contributed by atoms with van der Waals surface area (Å²) in [5, 5.41) is 2.81. The number of morpholine rings is 1. The summed E-state index contributed by atoms with van der Waals surface area (Å²) in [4.78, 5) is 12.8. The zero-order chi connectivity index (χ0) is 21.7. The Labute approximate surface area is 178 Å². The minimum absolute atomic E-state index is 0.195. The molecule has 1 aliphatic heterocycles. The van der Waals surface area contributed by atoms with Crippen molar-refractivity contribution in [2.24, 2.45) is 0 Å². The molecule has 0 radical (unpaired) electrons. The zero-order valence-electron chi connectivity index (χ0n) is 17.6. The van der Waals surface area contributed by atoms with E-state index in [0.29, 0.717) is 44.2 Å². The van der Waals surface area contributed by atoms with Crippen LogP contribution in [-0.2, 0) is 19.6 Å². The summed E-state index contributed by atoms with van der Waals surface area (Å²) in [7, 11) is -3.56. The van der Waals surface area contributed by atoms with E-state index in [0.717, 1.165) is 11.1 Å². The monoisotopic (exact) mass is 432 g/mol. The van der Waals surface area contributed by atoms with Crippen LogP contribution in [0.3, 0.4) is 0 Å². The Bertz CT molecular complexity index is 983. The maximum Gasteiger partial charge on any atom is 0.265 e. The highest BCUT2D eigenvalue weighted by molar-refractivity contribution is 7.89. The topological polar surface area (TPSA) is 84.9 Å². The van der Waals surface area contributed by atoms with E-state index in [4.69, 9.17) is 9.47 Å². The zero-order valence-corrected chi connectivity index (χ0v) is 18.4. The molecule has 8 heteroatoms. The predicted octanol–water partition coefficient (Wildman–Crippen LogP) is 3.12. The van der Waals surface area contributed by atoms with Gasteiger partial charge < -0.3 is 14.8 Å². The molecular formula is C22H28N2O5S. The maximum absolute atomic E-state index is 12.7. The van der Waals surface area contributed by atoms with Crippen LogP contribution in [0.15, 0.2) is 47.4 Å². The first-order valence-electron chi connectivity index (χ1n) is 10.0. The molecule has 30 heavy (non-hydrogen) atoms. The fraction of sp³-hybridized carbons (Fsp3) is 0.409. The number of benzene rings is 2. The summed E-state index contributed by atoms with van der Waals surface area (Å²) in [6.45, 7) is 7.37. The number of sulfonamides is 1. The fourth-order valence-electron chi connectivity index (χ4n) is 3.14. The summed E-state index contributed by atoms with van der Waals surface area (Å²) in [5.41, 5.74) is 2.77. The fourth-order valence-corrected chi connectivity index (χ4v) is 4.55. The molecule has 2 aromatic rings. The highest BCUT2D eigenvalue weighted by Crippen LogP contribution is 2.21. The van der Waals surface area contributed by atoms with Crippen LogP contribution in [0, 0.1) is 13.8 Å². The molecule has 2 aromatic carbocycles. The lowest BCUT2D eigenvalue weighted by Crippen LogP contribution is -2.40. The molecule has 1 amide bonds. The van der Waals surface area contributed by atoms with Gasteiger partial charge in [0, 0.05) is 18.8 Å². The van der Waals surface area contributed by atoms with Crippen LogP contribution in [0.25, 0.3) is 0 Å². The summed E-state index contributed by atoms with van der Waals surface area (Å²) in [6, 6.07) is 11.9. The Morgan fingerprint density at radius 2 is 1.77 bits per heavy atom. The number of rotatable bonds is 7. The lowest BCUT2D eigenvalue weighted by atomic mass is 10.1. The van der Waals surface area contributed by atoms with Gasteiger partial charge in [0.05, 0.1) is 18.1 Å². The highest BCUT2D eigenvalue weighted by Gasteiger charge is 2.26. The van der Waals surface area contributed by atoms with Crippen LogP contribution in [-0.4, -0.2) is 51.0 Å². The molecule has 1 atom stereocenters. The number of hydrogen-bond donors (Lipinski definition) is 1. The van der Waals surface area contributed by atoms with Crippen LogP contribution in [0.5, 0.6) is 5.75 Å². The third kappa shape index (κ3) is 5.19. The summed E-state index contributed by atoms with van der Waals surface area (Å²) < 4.78 is 37.9. The summed E-state index contributed by atoms with van der Waals surface area (Å²) in [6.07, 6.45) is -0.147. The number of anilines is 1. The first kappa shape index (κ1) is 22.3. The number of nitrogens with zero attached hydrogens (tertiary/aromatic N) is 1. The summed E-state index contributed by atoms with van der Waals surface area (Å²) >= 11 is 0. The number of ether oxygens (including phenoxy) is 2. The van der Waals surface area contributed by atoms with Crippen LogP contribution in [0.1, 0.15) is 24.5 Å². The Hall–Kier alpha value is -2.42. The van der Waals surface area contributed by atoms with Crippen molar-refractivity contribution in [3.8, 4) is 5.75 Å². The first-order valence-corrected chi connectivity index (χ1v) is 11.5. The molecule has 162 valence electrons. The molecule has 0 aliphatic carbocycles. The van der Waals surface area contributed by atoms with Crippen molar-refractivity contribution < 1.29 is 22.7 Å². The first-order chi connectivity index (χ1) is 14.3. The standard InChI is InChI=1S/C22H28N2O5S/c1-4-21(29-19-8-5-16(2)17(3)15-19)22(25)23-18-6-9-20(10-7-18)30(26,27)24-11-13-28-14-12-24/h5-10,15,21H,4,11-14H2,1-3H3,(H,23,25)/t21-/m1/s1. The Kier molecular flexibility index (Phi) is 7.12. The largest absolute Gasteiger partial charge is 0.481 e. The van der Waals surface area contributed by atoms with Gasteiger partial charge in [-0.25, -0.2) is 8.42 Å². The van der Waals surface area contributed by atoms with Crippen molar-refractivity contribution in [1.82, 2.24) is 4.31 Å². The number of hydrogen-bond acceptors (Lipinski definition) is 5. The van der Waals surface area contributed by atoms with Crippen LogP contribution >= 0.6 is 0 Å². The van der Waals surface area contributed by atoms with Gasteiger partial charge in [-0.2, -0.15) is 4.31 Å². The molecule has 0 aromatic heterocycles. The van der Waals surface area contributed by atoms with Crippen molar-refractivity contribution in [2.45, 2.75) is 38.2 Å². The molecule has 1 N–H and O–H groups in total. The van der Waals surface area contributed by atoms with E-state index in [2.05, 4.69) is 5.32 Å². The molecule has 3 rings (SSSR count). The SMILES string of the molecule is CC[C@@H](Oc1ccc(C)c(C)c1)C(=O)Nc1ccc(S(=O)(=O)N2CCOCC2)cc1. The molecule has 1 saturated heterocycles. The van der Waals surface area contributed by atoms with Crippen molar-refractivity contribution in [3.63, 3.8) is 0 Å². The lowest BCUT2D eigenvalue weighted by Gasteiger charge is -2.26. The predicted molar refractivity (Wildman–Crippen MR) is 115 cm³/mol. The second-order valence-corrected chi connectivity index (χ2v) is 9.23. The third-order valence-corrected chi connectivity index (χ3v) is 7.06. The molecule has 7 nitrogen and oxygen atoms in total.